The van der Waals surface area contributed by atoms with Gasteiger partial charge in [-0.25, -0.2) is 9.18 Å². The summed E-state index contributed by atoms with van der Waals surface area (Å²) in [5, 5.41) is 32.7. The molecule has 0 aliphatic carbocycles. The zero-order valence-corrected chi connectivity index (χ0v) is 16.4. The molecule has 8 nitrogen and oxygen atoms in total. The largest absolute Gasteiger partial charge is 0.444 e. The van der Waals surface area contributed by atoms with Gasteiger partial charge in [-0.1, -0.05) is 6.07 Å². The summed E-state index contributed by atoms with van der Waals surface area (Å²) in [4.78, 5) is 13.7. The summed E-state index contributed by atoms with van der Waals surface area (Å²) in [6.45, 7) is 6.10. The maximum atomic E-state index is 14.6. The van der Waals surface area contributed by atoms with Gasteiger partial charge in [0.15, 0.2) is 5.57 Å². The molecule has 0 aromatic heterocycles. The first kappa shape index (κ1) is 21.5. The molecule has 1 aromatic carbocycles. The fraction of sp³-hybridized carbons (Fsp3) is 0.400. The Morgan fingerprint density at radius 2 is 1.93 bits per heavy atom. The topological polar surface area (TPSA) is 125 Å². The van der Waals surface area contributed by atoms with E-state index in [0.29, 0.717) is 19.5 Å². The van der Waals surface area contributed by atoms with Crippen LogP contribution in [0.1, 0.15) is 27.2 Å². The van der Waals surface area contributed by atoms with Crippen LogP contribution in [0.4, 0.5) is 20.6 Å². The highest BCUT2D eigenvalue weighted by Gasteiger charge is 2.29. The molecule has 0 radical (unpaired) electrons. The second kappa shape index (κ2) is 8.95. The molecule has 0 saturated carbocycles. The normalized spacial score (nSPS) is 15.5. The van der Waals surface area contributed by atoms with Crippen LogP contribution in [0, 0.1) is 39.8 Å². The molecule has 150 valence electrons. The van der Waals surface area contributed by atoms with E-state index in [1.807, 2.05) is 0 Å². The number of alkyl carbamates (subject to hydrolysis) is 1. The quantitative estimate of drug-likeness (QED) is 0.749. The summed E-state index contributed by atoms with van der Waals surface area (Å²) in [5.74, 6) is -0.527. The monoisotopic (exact) mass is 396 g/mol. The number of ether oxygens (including phenoxy) is 1. The number of carbonyl (C=O) groups excluding carboxylic acids is 1. The number of amides is 1. The first-order valence-electron chi connectivity index (χ1n) is 8.93. The molecule has 2 N–H and O–H groups in total. The smallest absolute Gasteiger partial charge is 0.407 e. The summed E-state index contributed by atoms with van der Waals surface area (Å²) in [6.07, 6.45) is 0.0360. The third kappa shape index (κ3) is 5.60. The Morgan fingerprint density at radius 3 is 2.52 bits per heavy atom. The van der Waals surface area contributed by atoms with Gasteiger partial charge in [0, 0.05) is 13.1 Å². The number of para-hydroxylation sites is 1. The van der Waals surface area contributed by atoms with Crippen molar-refractivity contribution < 1.29 is 13.9 Å². The van der Waals surface area contributed by atoms with Crippen molar-refractivity contribution in [3.8, 4) is 18.2 Å². The van der Waals surface area contributed by atoms with Crippen molar-refractivity contribution in [1.82, 2.24) is 5.32 Å². The average molecular weight is 396 g/mol. The van der Waals surface area contributed by atoms with E-state index in [0.717, 1.165) is 0 Å². The lowest BCUT2D eigenvalue weighted by molar-refractivity contribution is 0.0509. The van der Waals surface area contributed by atoms with E-state index in [1.54, 1.807) is 49.9 Å². The van der Waals surface area contributed by atoms with E-state index in [1.165, 1.54) is 12.1 Å². The summed E-state index contributed by atoms with van der Waals surface area (Å²) in [6, 6.07) is 9.08. The minimum absolute atomic E-state index is 0.198. The fourth-order valence-corrected chi connectivity index (χ4v) is 2.91. The SMILES string of the molecule is CC(C)(C)OC(=O)NC1CCN(c2c(F)cccc2NC(C#N)=C(C#N)C#N)C1. The predicted molar refractivity (Wildman–Crippen MR) is 104 cm³/mol. The Morgan fingerprint density at radius 1 is 1.24 bits per heavy atom. The van der Waals surface area contributed by atoms with Crippen LogP contribution in [-0.2, 0) is 4.74 Å². The lowest BCUT2D eigenvalue weighted by Gasteiger charge is -2.24. The second-order valence-electron chi connectivity index (χ2n) is 7.42. The highest BCUT2D eigenvalue weighted by molar-refractivity contribution is 5.75. The highest BCUT2D eigenvalue weighted by atomic mass is 19.1. The number of allylic oxidation sites excluding steroid dienone is 2. The number of anilines is 2. The molecular weight excluding hydrogens is 375 g/mol. The fourth-order valence-electron chi connectivity index (χ4n) is 2.91. The number of nitriles is 3. The molecule has 1 aromatic rings. The Bertz CT molecular complexity index is 930. The van der Waals surface area contributed by atoms with Gasteiger partial charge in [0.25, 0.3) is 0 Å². The van der Waals surface area contributed by atoms with Crippen LogP contribution in [0.3, 0.4) is 0 Å². The number of nitrogens with one attached hydrogen (secondary N) is 2. The van der Waals surface area contributed by atoms with Gasteiger partial charge in [0.1, 0.15) is 35.3 Å². The van der Waals surface area contributed by atoms with Crippen molar-refractivity contribution in [2.24, 2.45) is 0 Å². The molecule has 1 heterocycles. The minimum Gasteiger partial charge on any atom is -0.444 e. The zero-order valence-electron chi connectivity index (χ0n) is 16.4. The van der Waals surface area contributed by atoms with Crippen molar-refractivity contribution in [2.75, 3.05) is 23.3 Å². The second-order valence-corrected chi connectivity index (χ2v) is 7.42. The maximum Gasteiger partial charge on any atom is 0.407 e. The first-order chi connectivity index (χ1) is 13.7. The van der Waals surface area contributed by atoms with Crippen LogP contribution >= 0.6 is 0 Å². The van der Waals surface area contributed by atoms with Crippen LogP contribution in [0.15, 0.2) is 29.5 Å². The molecular formula is C20H21FN6O2. The number of halogens is 1. The molecule has 1 fully saturated rings. The van der Waals surface area contributed by atoms with Gasteiger partial charge in [0.2, 0.25) is 0 Å². The summed E-state index contributed by atoms with van der Waals surface area (Å²) >= 11 is 0. The number of benzene rings is 1. The van der Waals surface area contributed by atoms with E-state index >= 15 is 0 Å². The maximum absolute atomic E-state index is 14.6. The zero-order chi connectivity index (χ0) is 21.6. The molecule has 2 rings (SSSR count). The summed E-state index contributed by atoms with van der Waals surface area (Å²) in [5.41, 5.74) is -0.825. The van der Waals surface area contributed by atoms with Crippen molar-refractivity contribution in [3.05, 3.63) is 35.3 Å². The van der Waals surface area contributed by atoms with E-state index in [-0.39, 0.29) is 23.1 Å². The van der Waals surface area contributed by atoms with Crippen molar-refractivity contribution in [1.29, 1.82) is 15.8 Å². The third-order valence-corrected chi connectivity index (χ3v) is 4.06. The summed E-state index contributed by atoms with van der Waals surface area (Å²) in [7, 11) is 0. The van der Waals surface area contributed by atoms with Gasteiger partial charge < -0.3 is 20.3 Å². The number of carbonyl (C=O) groups is 1. The van der Waals surface area contributed by atoms with Crippen molar-refractivity contribution in [2.45, 2.75) is 38.8 Å². The Labute approximate surface area is 168 Å². The molecule has 1 aliphatic rings. The molecule has 9 heteroatoms. The van der Waals surface area contributed by atoms with Crippen LogP contribution in [0.25, 0.3) is 0 Å². The Balaban J connectivity index is 2.21. The Hall–Kier alpha value is -3.77. The standard InChI is InChI=1S/C20H21FN6O2/c1-20(2,3)29-19(28)25-14-7-8-27(12-14)18-15(21)5-4-6-16(18)26-17(11-24)13(9-22)10-23/h4-6,14,26H,7-8,12H2,1-3H3,(H,25,28). The van der Waals surface area contributed by atoms with E-state index in [9.17, 15) is 14.4 Å². The van der Waals surface area contributed by atoms with E-state index in [2.05, 4.69) is 10.6 Å². The van der Waals surface area contributed by atoms with Crippen LogP contribution < -0.4 is 15.5 Å². The van der Waals surface area contributed by atoms with E-state index < -0.39 is 23.1 Å². The van der Waals surface area contributed by atoms with Gasteiger partial charge in [0.05, 0.1) is 17.4 Å². The molecule has 1 amide bonds. The number of rotatable bonds is 4. The third-order valence-electron chi connectivity index (χ3n) is 4.06. The molecule has 1 saturated heterocycles. The van der Waals surface area contributed by atoms with Gasteiger partial charge in [-0.05, 0) is 39.3 Å². The number of hydrogen-bond donors (Lipinski definition) is 2. The molecule has 29 heavy (non-hydrogen) atoms. The minimum atomic E-state index is -0.621. The van der Waals surface area contributed by atoms with E-state index in [4.69, 9.17) is 15.3 Å². The lowest BCUT2D eigenvalue weighted by Crippen LogP contribution is -2.40. The molecule has 0 spiro atoms. The summed E-state index contributed by atoms with van der Waals surface area (Å²) < 4.78 is 19.9. The first-order valence-corrected chi connectivity index (χ1v) is 8.93. The van der Waals surface area contributed by atoms with Crippen LogP contribution in [0.2, 0.25) is 0 Å². The molecule has 1 atom stereocenters. The molecule has 0 bridgehead atoms. The average Bonchev–Trinajstić information content (AvgIpc) is 3.07. The van der Waals surface area contributed by atoms with Crippen molar-refractivity contribution in [3.63, 3.8) is 0 Å². The van der Waals surface area contributed by atoms with Gasteiger partial charge in [-0.3, -0.25) is 0 Å². The highest BCUT2D eigenvalue weighted by Crippen LogP contribution is 2.33. The van der Waals surface area contributed by atoms with Gasteiger partial charge in [-0.15, -0.1) is 0 Å². The number of nitrogens with zero attached hydrogens (tertiary/aromatic N) is 4. The molecule has 1 aliphatic heterocycles. The van der Waals surface area contributed by atoms with Gasteiger partial charge >= 0.3 is 6.09 Å². The predicted octanol–water partition coefficient (Wildman–Crippen LogP) is 3.17. The number of hydrogen-bond acceptors (Lipinski definition) is 7. The van der Waals surface area contributed by atoms with Gasteiger partial charge in [-0.2, -0.15) is 15.8 Å². The molecule has 1 unspecified atom stereocenters. The van der Waals surface area contributed by atoms with Crippen LogP contribution in [0.5, 0.6) is 0 Å². The Kier molecular flexibility index (Phi) is 6.64. The van der Waals surface area contributed by atoms with Crippen LogP contribution in [-0.4, -0.2) is 30.8 Å². The van der Waals surface area contributed by atoms with Crippen molar-refractivity contribution >= 4 is 17.5 Å². The lowest BCUT2D eigenvalue weighted by atomic mass is 10.2.